The van der Waals surface area contributed by atoms with Crippen LogP contribution in [0.5, 0.6) is 11.5 Å². The third-order valence-electron chi connectivity index (χ3n) is 5.84. The van der Waals surface area contributed by atoms with Crippen LogP contribution in [-0.2, 0) is 36.1 Å². The smallest absolute Gasteiger partial charge is 0.404 e. The lowest BCUT2D eigenvalue weighted by molar-refractivity contribution is -0.276. The quantitative estimate of drug-likeness (QED) is 0.0671. The Morgan fingerprint density at radius 1 is 0.644 bits per heavy atom. The predicted molar refractivity (Wildman–Crippen MR) is 179 cm³/mol. The molecule has 2 heterocycles. The van der Waals surface area contributed by atoms with Crippen LogP contribution in [0.2, 0.25) is 0 Å². The summed E-state index contributed by atoms with van der Waals surface area (Å²) in [6, 6.07) is 4.21. The lowest BCUT2D eigenvalue weighted by Gasteiger charge is -2.13. The molecule has 18 nitrogen and oxygen atoms in total. The maximum Gasteiger partial charge on any atom is 0.573 e. The first-order valence-electron chi connectivity index (χ1n) is 15.0. The number of halogens is 11. The van der Waals surface area contributed by atoms with E-state index in [9.17, 15) is 61.9 Å². The number of amides is 4. The van der Waals surface area contributed by atoms with Crippen LogP contribution < -0.4 is 31.1 Å². The average Bonchev–Trinajstić information content (AvgIpc) is 3.07. The molecule has 0 fully saturated rings. The summed E-state index contributed by atoms with van der Waals surface area (Å²) in [6.07, 6.45) is -13.1. The molecule has 4 N–H and O–H groups in total. The molecule has 322 valence electrons. The number of alkyl halides is 11. The fraction of sp³-hybridized carbons (Fsp3) is 0.286. The number of nitrogens with one attached hydrogen (secondary N) is 4. The van der Waals surface area contributed by atoms with Gasteiger partial charge in [0, 0.05) is 0 Å². The number of urea groups is 2. The zero-order valence-electron chi connectivity index (χ0n) is 29.5. The first-order chi connectivity index (χ1) is 27.2. The fourth-order valence-corrected chi connectivity index (χ4v) is 5.19. The molecule has 4 aromatic rings. The van der Waals surface area contributed by atoms with Gasteiger partial charge >= 0.3 is 30.2 Å². The normalized spacial score (nSPS) is 12.7. The first-order valence-corrected chi connectivity index (χ1v) is 17.6. The van der Waals surface area contributed by atoms with E-state index in [1.165, 1.54) is 39.8 Å². The van der Waals surface area contributed by atoms with Gasteiger partial charge in [0.25, 0.3) is 6.43 Å². The van der Waals surface area contributed by atoms with E-state index in [1.54, 1.807) is 11.0 Å². The minimum Gasteiger partial charge on any atom is -0.404 e. The molecule has 0 aliphatic carbocycles. The molecule has 2 atom stereocenters. The molecule has 0 aliphatic heterocycles. The van der Waals surface area contributed by atoms with Crippen molar-refractivity contribution in [2.75, 3.05) is 10.6 Å². The molecule has 0 radical (unpaired) electrons. The summed E-state index contributed by atoms with van der Waals surface area (Å²) in [6.45, 7) is 5.45. The Kier molecular flexibility index (Phi) is 16.1. The van der Waals surface area contributed by atoms with Crippen molar-refractivity contribution in [3.05, 3.63) is 70.8 Å². The van der Waals surface area contributed by atoms with E-state index in [4.69, 9.17) is 11.6 Å². The lowest BCUT2D eigenvalue weighted by atomic mass is 10.2. The zero-order valence-corrected chi connectivity index (χ0v) is 31.9. The van der Waals surface area contributed by atoms with Gasteiger partial charge in [-0.2, -0.15) is 37.3 Å². The number of hydrogen-bond donors (Lipinski definition) is 4. The van der Waals surface area contributed by atoms with Crippen LogP contribution in [-0.4, -0.2) is 63.1 Å². The Labute approximate surface area is 333 Å². The SMILES string of the molecule is Cc1ccc(S(=O)ONC(=O)Nc2nc(C)nc(C(F)(F)Cl)n2)c(OC(F)(F)F)c1.Cc1ccc(S(=O)ONC(=O)Nc2nc(C)nc(C(F)F)n2)c(OC(F)(F)F)c1. The molecular weight excluding hydrogens is 894 g/mol. The number of aryl methyl sites for hydroxylation is 4. The summed E-state index contributed by atoms with van der Waals surface area (Å²) < 4.78 is 167. The molecular formula is C28H23ClF10N10O8S2. The minimum atomic E-state index is -5.06. The Morgan fingerprint density at radius 2 is 1.05 bits per heavy atom. The highest BCUT2D eigenvalue weighted by atomic mass is 35.5. The number of carbonyl (C=O) groups excluding carboxylic acids is 2. The van der Waals surface area contributed by atoms with Crippen molar-refractivity contribution in [2.45, 2.75) is 62.0 Å². The largest absolute Gasteiger partial charge is 0.573 e. The number of hydrogen-bond acceptors (Lipinski definition) is 14. The summed E-state index contributed by atoms with van der Waals surface area (Å²) in [7, 11) is 0. The lowest BCUT2D eigenvalue weighted by Crippen LogP contribution is -2.31. The molecule has 0 bridgehead atoms. The summed E-state index contributed by atoms with van der Waals surface area (Å²) >= 11 is -0.423. The zero-order chi connectivity index (χ0) is 44.5. The van der Waals surface area contributed by atoms with Crippen LogP contribution in [0.3, 0.4) is 0 Å². The second-order valence-corrected chi connectivity index (χ2v) is 13.3. The number of hydroxylamine groups is 2. The van der Waals surface area contributed by atoms with Crippen LogP contribution in [0.15, 0.2) is 46.2 Å². The van der Waals surface area contributed by atoms with E-state index in [0.29, 0.717) is 11.1 Å². The molecule has 59 heavy (non-hydrogen) atoms. The van der Waals surface area contributed by atoms with E-state index in [2.05, 4.69) is 47.9 Å². The van der Waals surface area contributed by atoms with Crippen molar-refractivity contribution in [3.63, 3.8) is 0 Å². The number of carbonyl (C=O) groups is 2. The Hall–Kier alpha value is -5.59. The second-order valence-electron chi connectivity index (χ2n) is 10.6. The summed E-state index contributed by atoms with van der Waals surface area (Å²) in [5, 5.41) is -0.112. The number of rotatable bonds is 12. The van der Waals surface area contributed by atoms with Crippen LogP contribution >= 0.6 is 11.6 Å². The molecule has 2 aromatic carbocycles. The van der Waals surface area contributed by atoms with E-state index in [1.807, 2.05) is 10.6 Å². The average molecular weight is 917 g/mol. The van der Waals surface area contributed by atoms with Crippen molar-refractivity contribution >= 4 is 57.7 Å². The summed E-state index contributed by atoms with van der Waals surface area (Å²) in [5.74, 6) is -5.09. The maximum absolute atomic E-state index is 13.1. The van der Waals surface area contributed by atoms with Crippen LogP contribution in [0.25, 0.3) is 0 Å². The van der Waals surface area contributed by atoms with Gasteiger partial charge in [-0.3, -0.25) is 10.6 Å². The van der Waals surface area contributed by atoms with Gasteiger partial charge < -0.3 is 9.47 Å². The molecule has 0 spiro atoms. The van der Waals surface area contributed by atoms with Crippen LogP contribution in [0, 0.1) is 27.7 Å². The molecule has 2 aromatic heterocycles. The Balaban J connectivity index is 0.000000316. The van der Waals surface area contributed by atoms with Crippen molar-refractivity contribution in [2.24, 2.45) is 0 Å². The van der Waals surface area contributed by atoms with Crippen molar-refractivity contribution in [3.8, 4) is 11.5 Å². The topological polar surface area (TPSA) is 231 Å². The van der Waals surface area contributed by atoms with E-state index < -0.39 is 104 Å². The van der Waals surface area contributed by atoms with E-state index >= 15 is 0 Å². The van der Waals surface area contributed by atoms with Gasteiger partial charge in [-0.1, -0.05) is 12.1 Å². The maximum atomic E-state index is 13.1. The molecule has 0 aliphatic rings. The Morgan fingerprint density at radius 3 is 1.44 bits per heavy atom. The van der Waals surface area contributed by atoms with Gasteiger partial charge in [-0.05, 0) is 74.7 Å². The van der Waals surface area contributed by atoms with Gasteiger partial charge in [-0.25, -0.2) is 47.7 Å². The molecule has 0 saturated carbocycles. The first kappa shape index (κ1) is 47.8. The van der Waals surface area contributed by atoms with E-state index in [0.717, 1.165) is 24.3 Å². The monoisotopic (exact) mass is 916 g/mol. The van der Waals surface area contributed by atoms with Crippen LogP contribution in [0.4, 0.5) is 65.4 Å². The summed E-state index contributed by atoms with van der Waals surface area (Å²) in [4.78, 5) is 42.9. The molecule has 4 rings (SSSR count). The number of benzene rings is 2. The highest BCUT2D eigenvalue weighted by Crippen LogP contribution is 2.32. The van der Waals surface area contributed by atoms with Gasteiger partial charge in [0.05, 0.1) is 0 Å². The molecule has 4 amide bonds. The number of aromatic nitrogens is 6. The van der Waals surface area contributed by atoms with Crippen molar-refractivity contribution < 1.29 is 80.0 Å². The Bertz CT molecular complexity index is 2210. The second kappa shape index (κ2) is 19.9. The number of anilines is 2. The third kappa shape index (κ3) is 16.3. The number of nitrogens with zero attached hydrogens (tertiary/aromatic N) is 6. The molecule has 0 saturated heterocycles. The fourth-order valence-electron chi connectivity index (χ4n) is 3.73. The van der Waals surface area contributed by atoms with Gasteiger partial charge in [0.15, 0.2) is 0 Å². The number of ether oxygens (including phenoxy) is 2. The van der Waals surface area contributed by atoms with E-state index in [-0.39, 0.29) is 11.6 Å². The minimum absolute atomic E-state index is 0.108. The third-order valence-corrected chi connectivity index (χ3v) is 7.87. The molecule has 31 heteroatoms. The van der Waals surface area contributed by atoms with Crippen molar-refractivity contribution in [1.29, 1.82) is 0 Å². The van der Waals surface area contributed by atoms with Gasteiger partial charge in [-0.15, -0.1) is 26.3 Å². The van der Waals surface area contributed by atoms with Gasteiger partial charge in [0.1, 0.15) is 32.9 Å². The van der Waals surface area contributed by atoms with Crippen molar-refractivity contribution in [1.82, 2.24) is 40.9 Å². The summed E-state index contributed by atoms with van der Waals surface area (Å²) in [5.41, 5.74) is 3.99. The highest BCUT2D eigenvalue weighted by molar-refractivity contribution is 7.80. The standard InChI is InChI=1S/C14H11ClF5N5O4S.C14H12F5N5O4S/c1-6-3-4-9(8(5-6)28-14(18,19)20)30(27)29-25-12(26)24-11-22-7(2)21-10(23-11)13(15,16)17;1-6-3-4-9(8(5-6)27-14(17,18)19)29(26)28-24-13(25)23-12-21-7(2)20-11(22-12)10(15)16/h3-5H,1-2H3,(H2,21,22,23,24,25,26);3-5,10H,1-2H3,(H2,20,21,22,23,24,25). The highest BCUT2D eigenvalue weighted by Gasteiger charge is 2.35. The van der Waals surface area contributed by atoms with Crippen LogP contribution in [0.1, 0.15) is 40.8 Å². The van der Waals surface area contributed by atoms with Gasteiger partial charge in [0.2, 0.25) is 45.7 Å². The molecule has 2 unspecified atom stereocenters. The predicted octanol–water partition coefficient (Wildman–Crippen LogP) is 6.55.